The first-order valence-electron chi connectivity index (χ1n) is 9.55. The number of hydrogen-bond acceptors (Lipinski definition) is 5. The van der Waals surface area contributed by atoms with Crippen LogP contribution in [0.25, 0.3) is 11.4 Å². The fraction of sp³-hybridized carbons (Fsp3) is 0.579. The molecule has 3 heterocycles. The Balaban J connectivity index is 1.48. The zero-order valence-corrected chi connectivity index (χ0v) is 16.0. The molecule has 26 heavy (non-hydrogen) atoms. The summed E-state index contributed by atoms with van der Waals surface area (Å²) < 4.78 is 2.20. The molecule has 1 saturated carbocycles. The summed E-state index contributed by atoms with van der Waals surface area (Å²) in [7, 11) is 0. The van der Waals surface area contributed by atoms with Gasteiger partial charge in [0.1, 0.15) is 0 Å². The molecule has 1 amide bonds. The number of rotatable bonds is 6. The van der Waals surface area contributed by atoms with Gasteiger partial charge in [0.2, 0.25) is 5.91 Å². The van der Waals surface area contributed by atoms with Gasteiger partial charge < -0.3 is 4.90 Å². The summed E-state index contributed by atoms with van der Waals surface area (Å²) >= 11 is 1.52. The highest BCUT2D eigenvalue weighted by molar-refractivity contribution is 7.99. The van der Waals surface area contributed by atoms with Crippen LogP contribution in [0.2, 0.25) is 0 Å². The molecule has 1 unspecified atom stereocenters. The lowest BCUT2D eigenvalue weighted by atomic mass is 10.0. The lowest BCUT2D eigenvalue weighted by Gasteiger charge is -2.35. The van der Waals surface area contributed by atoms with E-state index in [9.17, 15) is 4.79 Å². The summed E-state index contributed by atoms with van der Waals surface area (Å²) in [5.41, 5.74) is 0.979. The van der Waals surface area contributed by atoms with Crippen molar-refractivity contribution in [3.05, 3.63) is 24.5 Å². The second-order valence-corrected chi connectivity index (χ2v) is 8.03. The van der Waals surface area contributed by atoms with Gasteiger partial charge in [-0.05, 0) is 50.7 Å². The van der Waals surface area contributed by atoms with Crippen molar-refractivity contribution in [3.63, 3.8) is 0 Å². The molecule has 1 atom stereocenters. The second-order valence-electron chi connectivity index (χ2n) is 7.08. The maximum Gasteiger partial charge on any atom is 0.233 e. The Kier molecular flexibility index (Phi) is 5.24. The highest BCUT2D eigenvalue weighted by atomic mass is 32.2. The molecule has 6 nitrogen and oxygen atoms in total. The van der Waals surface area contributed by atoms with Crippen LogP contribution in [0.15, 0.2) is 29.7 Å². The number of carbonyl (C=O) groups excluding carboxylic acids is 1. The first-order valence-corrected chi connectivity index (χ1v) is 10.5. The molecule has 0 radical (unpaired) electrons. The van der Waals surface area contributed by atoms with Crippen LogP contribution >= 0.6 is 11.8 Å². The third-order valence-corrected chi connectivity index (χ3v) is 6.17. The summed E-state index contributed by atoms with van der Waals surface area (Å²) in [5.74, 6) is 1.53. The van der Waals surface area contributed by atoms with Crippen molar-refractivity contribution in [2.75, 3.05) is 12.3 Å². The number of amides is 1. The van der Waals surface area contributed by atoms with Crippen LogP contribution in [0, 0.1) is 0 Å². The number of piperidine rings is 1. The Labute approximate surface area is 158 Å². The van der Waals surface area contributed by atoms with Crippen LogP contribution in [-0.4, -0.2) is 48.9 Å². The molecule has 2 aromatic rings. The number of thioether (sulfide) groups is 1. The van der Waals surface area contributed by atoms with Crippen molar-refractivity contribution in [1.82, 2.24) is 24.6 Å². The maximum absolute atomic E-state index is 12.8. The van der Waals surface area contributed by atoms with Crippen molar-refractivity contribution in [2.24, 2.45) is 0 Å². The fourth-order valence-electron chi connectivity index (χ4n) is 3.69. The molecule has 0 spiro atoms. The molecule has 2 aliphatic rings. The van der Waals surface area contributed by atoms with E-state index in [0.717, 1.165) is 55.2 Å². The summed E-state index contributed by atoms with van der Waals surface area (Å²) in [6.45, 7) is 3.07. The molecule has 2 fully saturated rings. The van der Waals surface area contributed by atoms with Gasteiger partial charge in [0.15, 0.2) is 11.0 Å². The van der Waals surface area contributed by atoms with Crippen LogP contribution in [0.4, 0.5) is 0 Å². The van der Waals surface area contributed by atoms with Crippen molar-refractivity contribution in [1.29, 1.82) is 0 Å². The number of hydrogen-bond donors (Lipinski definition) is 0. The summed E-state index contributed by atoms with van der Waals surface area (Å²) in [6, 6.07) is 4.79. The molecular weight excluding hydrogens is 346 g/mol. The molecule has 2 aromatic heterocycles. The van der Waals surface area contributed by atoms with Crippen LogP contribution in [0.3, 0.4) is 0 Å². The van der Waals surface area contributed by atoms with Gasteiger partial charge in [-0.25, -0.2) is 0 Å². The summed E-state index contributed by atoms with van der Waals surface area (Å²) in [4.78, 5) is 19.0. The third-order valence-electron chi connectivity index (χ3n) is 5.24. The average molecular weight is 372 g/mol. The molecule has 1 aliphatic heterocycles. The molecule has 138 valence electrons. The van der Waals surface area contributed by atoms with Crippen LogP contribution in [-0.2, 0) is 4.79 Å². The molecule has 1 saturated heterocycles. The molecule has 0 aromatic carbocycles. The zero-order valence-electron chi connectivity index (χ0n) is 15.2. The van der Waals surface area contributed by atoms with Gasteiger partial charge in [0, 0.05) is 36.6 Å². The Morgan fingerprint density at radius 3 is 2.88 bits per heavy atom. The third kappa shape index (κ3) is 3.63. The summed E-state index contributed by atoms with van der Waals surface area (Å²) in [6.07, 6.45) is 10.4. The van der Waals surface area contributed by atoms with E-state index < -0.39 is 0 Å². The van der Waals surface area contributed by atoms with Crippen LogP contribution in [0.1, 0.15) is 51.5 Å². The minimum Gasteiger partial charge on any atom is -0.339 e. The first kappa shape index (κ1) is 17.5. The van der Waals surface area contributed by atoms with Crippen molar-refractivity contribution in [2.45, 2.75) is 62.7 Å². The Bertz CT molecular complexity index is 759. The van der Waals surface area contributed by atoms with Crippen LogP contribution in [0.5, 0.6) is 0 Å². The zero-order chi connectivity index (χ0) is 17.9. The molecular formula is C19H25N5OS. The van der Waals surface area contributed by atoms with Crippen molar-refractivity contribution >= 4 is 17.7 Å². The van der Waals surface area contributed by atoms with Crippen molar-refractivity contribution < 1.29 is 4.79 Å². The van der Waals surface area contributed by atoms with Crippen LogP contribution < -0.4 is 0 Å². The number of likely N-dealkylation sites (tertiary alicyclic amines) is 1. The standard InChI is InChI=1S/C19H25N5OS/c1-2-15-7-3-4-11-23(15)17(25)13-26-19-22-21-18(24(19)16-8-9-16)14-6-5-10-20-12-14/h5-6,10,12,15-16H,2-4,7-9,11,13H2,1H3. The van der Waals surface area contributed by atoms with Gasteiger partial charge in [0.05, 0.1) is 5.75 Å². The number of pyridine rings is 1. The van der Waals surface area contributed by atoms with E-state index in [0.29, 0.717) is 17.8 Å². The minimum atomic E-state index is 0.231. The topological polar surface area (TPSA) is 63.9 Å². The van der Waals surface area contributed by atoms with E-state index in [4.69, 9.17) is 0 Å². The van der Waals surface area contributed by atoms with E-state index in [2.05, 4.69) is 31.6 Å². The van der Waals surface area contributed by atoms with E-state index in [-0.39, 0.29) is 5.91 Å². The minimum absolute atomic E-state index is 0.231. The largest absolute Gasteiger partial charge is 0.339 e. The first-order chi connectivity index (χ1) is 12.8. The quantitative estimate of drug-likeness (QED) is 0.727. The Hall–Kier alpha value is -1.89. The van der Waals surface area contributed by atoms with Gasteiger partial charge in [-0.1, -0.05) is 18.7 Å². The average Bonchev–Trinajstić information content (AvgIpc) is 3.45. The molecule has 7 heteroatoms. The number of carbonyl (C=O) groups is 1. The summed E-state index contributed by atoms with van der Waals surface area (Å²) in [5, 5.41) is 9.64. The Morgan fingerprint density at radius 1 is 1.27 bits per heavy atom. The lowest BCUT2D eigenvalue weighted by Crippen LogP contribution is -2.44. The normalized spacial score (nSPS) is 20.3. The molecule has 0 bridgehead atoms. The predicted octanol–water partition coefficient (Wildman–Crippen LogP) is 3.56. The number of aromatic nitrogens is 4. The highest BCUT2D eigenvalue weighted by Gasteiger charge is 2.31. The predicted molar refractivity (Wildman–Crippen MR) is 102 cm³/mol. The van der Waals surface area contributed by atoms with Gasteiger partial charge >= 0.3 is 0 Å². The Morgan fingerprint density at radius 2 is 2.15 bits per heavy atom. The van der Waals surface area contributed by atoms with E-state index in [1.807, 2.05) is 18.3 Å². The van der Waals surface area contributed by atoms with Gasteiger partial charge in [-0.2, -0.15) is 0 Å². The fourth-order valence-corrected chi connectivity index (χ4v) is 4.58. The lowest BCUT2D eigenvalue weighted by molar-refractivity contribution is -0.132. The SMILES string of the molecule is CCC1CCCCN1C(=O)CSc1nnc(-c2cccnc2)n1C1CC1. The van der Waals surface area contributed by atoms with Crippen molar-refractivity contribution in [3.8, 4) is 11.4 Å². The smallest absolute Gasteiger partial charge is 0.233 e. The van der Waals surface area contributed by atoms with E-state index in [1.54, 1.807) is 6.20 Å². The maximum atomic E-state index is 12.8. The van der Waals surface area contributed by atoms with Gasteiger partial charge in [0.25, 0.3) is 0 Å². The van der Waals surface area contributed by atoms with Gasteiger partial charge in [-0.3, -0.25) is 14.3 Å². The highest BCUT2D eigenvalue weighted by Crippen LogP contribution is 2.41. The van der Waals surface area contributed by atoms with Gasteiger partial charge in [-0.15, -0.1) is 10.2 Å². The number of nitrogens with zero attached hydrogens (tertiary/aromatic N) is 5. The van der Waals surface area contributed by atoms with E-state index in [1.165, 1.54) is 18.2 Å². The van der Waals surface area contributed by atoms with E-state index >= 15 is 0 Å². The molecule has 4 rings (SSSR count). The monoisotopic (exact) mass is 371 g/mol. The molecule has 1 aliphatic carbocycles. The molecule has 0 N–H and O–H groups in total. The second kappa shape index (κ2) is 7.78.